The number of phenolic OH excluding ortho intramolecular Hbond substituents is 2. The maximum Gasteiger partial charge on any atom is 0.219 e. The van der Waals surface area contributed by atoms with E-state index in [2.05, 4.69) is 24.3 Å². The molecule has 2 heterocycles. The van der Waals surface area contributed by atoms with Crippen LogP contribution in [0.2, 0.25) is 0 Å². The largest absolute Gasteiger partial charge is 0.508 e. The first kappa shape index (κ1) is 20.7. The first-order chi connectivity index (χ1) is 17.0. The fourth-order valence-electron chi connectivity index (χ4n) is 4.31. The van der Waals surface area contributed by atoms with Crippen molar-refractivity contribution in [2.24, 2.45) is 0 Å². The van der Waals surface area contributed by atoms with E-state index in [-0.39, 0.29) is 17.4 Å². The van der Waals surface area contributed by atoms with E-state index in [4.69, 9.17) is 9.97 Å². The van der Waals surface area contributed by atoms with Gasteiger partial charge < -0.3 is 15.3 Å². The normalized spacial score (nSPS) is 11.3. The second-order valence-corrected chi connectivity index (χ2v) is 8.50. The lowest BCUT2D eigenvalue weighted by molar-refractivity contribution is 0.442. The summed E-state index contributed by atoms with van der Waals surface area (Å²) in [6.45, 7) is 0. The van der Waals surface area contributed by atoms with Gasteiger partial charge in [0, 0.05) is 23.7 Å². The van der Waals surface area contributed by atoms with Crippen molar-refractivity contribution in [3.8, 4) is 39.9 Å². The molecule has 2 aromatic heterocycles. The lowest BCUT2D eigenvalue weighted by Crippen LogP contribution is -1.96. The quantitative estimate of drug-likeness (QED) is 0.304. The molecule has 0 radical (unpaired) electrons. The Morgan fingerprint density at radius 3 is 2.06 bits per heavy atom. The summed E-state index contributed by atoms with van der Waals surface area (Å²) in [4.78, 5) is 9.73. The van der Waals surface area contributed by atoms with E-state index in [9.17, 15) is 15.3 Å². The first-order valence-electron chi connectivity index (χ1n) is 11.2. The van der Waals surface area contributed by atoms with E-state index in [0.717, 1.165) is 27.5 Å². The molecule has 0 spiro atoms. The summed E-state index contributed by atoms with van der Waals surface area (Å²) in [5.74, 6) is 0.401. The first-order valence-corrected chi connectivity index (χ1v) is 11.2. The molecule has 35 heavy (non-hydrogen) atoms. The predicted molar refractivity (Wildman–Crippen MR) is 136 cm³/mol. The molecular weight excluding hydrogens is 438 g/mol. The molecule has 0 aliphatic heterocycles. The molecule has 6 nitrogen and oxygen atoms in total. The number of fused-ring (bicyclic) bond motifs is 2. The van der Waals surface area contributed by atoms with Crippen LogP contribution in [0.3, 0.4) is 0 Å². The van der Waals surface area contributed by atoms with E-state index in [1.54, 1.807) is 47.0 Å². The van der Waals surface area contributed by atoms with E-state index in [0.29, 0.717) is 29.1 Å². The van der Waals surface area contributed by atoms with Gasteiger partial charge in [0.15, 0.2) is 5.65 Å². The Labute approximate surface area is 201 Å². The number of phenols is 2. The van der Waals surface area contributed by atoms with Gasteiger partial charge in [0.2, 0.25) is 5.88 Å². The fourth-order valence-corrected chi connectivity index (χ4v) is 4.31. The molecule has 6 rings (SSSR count). The van der Waals surface area contributed by atoms with Gasteiger partial charge in [-0.15, -0.1) is 0 Å². The number of nitrogens with zero attached hydrogens (tertiary/aromatic N) is 3. The van der Waals surface area contributed by atoms with Gasteiger partial charge in [-0.05, 0) is 58.8 Å². The number of aromatic hydroxyl groups is 3. The van der Waals surface area contributed by atoms with Crippen LogP contribution in [0.1, 0.15) is 11.3 Å². The molecule has 6 heteroatoms. The molecule has 0 bridgehead atoms. The molecule has 3 N–H and O–H groups in total. The molecular formula is C29H21N3O3. The van der Waals surface area contributed by atoms with Crippen LogP contribution in [0.4, 0.5) is 0 Å². The van der Waals surface area contributed by atoms with Crippen LogP contribution in [0.25, 0.3) is 38.9 Å². The smallest absolute Gasteiger partial charge is 0.219 e. The van der Waals surface area contributed by atoms with Gasteiger partial charge in [-0.2, -0.15) is 0 Å². The second-order valence-electron chi connectivity index (χ2n) is 8.50. The highest BCUT2D eigenvalue weighted by atomic mass is 16.3. The number of benzene rings is 4. The van der Waals surface area contributed by atoms with Crippen LogP contribution in [0, 0.1) is 0 Å². The van der Waals surface area contributed by atoms with E-state index < -0.39 is 0 Å². The molecule has 0 saturated carbocycles. The summed E-state index contributed by atoms with van der Waals surface area (Å²) >= 11 is 0. The maximum atomic E-state index is 11.1. The Hall–Kier alpha value is -4.84. The molecule has 0 amide bonds. The Bertz CT molecular complexity index is 1690. The van der Waals surface area contributed by atoms with Gasteiger partial charge in [0.25, 0.3) is 0 Å². The van der Waals surface area contributed by atoms with Crippen molar-refractivity contribution in [1.82, 2.24) is 14.4 Å². The second kappa shape index (κ2) is 8.18. The summed E-state index contributed by atoms with van der Waals surface area (Å²) in [6, 6.07) is 27.9. The highest BCUT2D eigenvalue weighted by Gasteiger charge is 2.19. The van der Waals surface area contributed by atoms with Gasteiger partial charge in [-0.25, -0.2) is 9.97 Å². The van der Waals surface area contributed by atoms with Crippen LogP contribution in [-0.4, -0.2) is 29.7 Å². The summed E-state index contributed by atoms with van der Waals surface area (Å²) in [7, 11) is 0. The molecule has 0 fully saturated rings. The van der Waals surface area contributed by atoms with Crippen molar-refractivity contribution in [2.45, 2.75) is 6.42 Å². The van der Waals surface area contributed by atoms with Gasteiger partial charge >= 0.3 is 0 Å². The van der Waals surface area contributed by atoms with Crippen LogP contribution in [0.15, 0.2) is 97.2 Å². The minimum atomic E-state index is 0.0394. The Morgan fingerprint density at radius 1 is 0.657 bits per heavy atom. The topological polar surface area (TPSA) is 90.9 Å². The van der Waals surface area contributed by atoms with Gasteiger partial charge in [-0.1, -0.05) is 48.5 Å². The van der Waals surface area contributed by atoms with E-state index in [1.165, 1.54) is 0 Å². The van der Waals surface area contributed by atoms with Crippen molar-refractivity contribution in [2.75, 3.05) is 0 Å². The monoisotopic (exact) mass is 459 g/mol. The van der Waals surface area contributed by atoms with Gasteiger partial charge in [0.05, 0.1) is 5.69 Å². The van der Waals surface area contributed by atoms with Crippen LogP contribution >= 0.6 is 0 Å². The number of aromatic nitrogens is 3. The third kappa shape index (κ3) is 3.81. The predicted octanol–water partition coefficient (Wildman–Crippen LogP) is 5.92. The summed E-state index contributed by atoms with van der Waals surface area (Å²) in [5.41, 5.74) is 4.96. The third-order valence-electron chi connectivity index (χ3n) is 6.14. The van der Waals surface area contributed by atoms with Gasteiger partial charge in [-0.3, -0.25) is 4.40 Å². The average Bonchev–Trinajstić information content (AvgIpc) is 3.20. The van der Waals surface area contributed by atoms with Crippen LogP contribution in [0.5, 0.6) is 17.4 Å². The molecule has 0 aliphatic carbocycles. The van der Waals surface area contributed by atoms with Crippen molar-refractivity contribution in [1.29, 1.82) is 0 Å². The summed E-state index contributed by atoms with van der Waals surface area (Å²) in [5, 5.41) is 32.7. The van der Waals surface area contributed by atoms with E-state index in [1.807, 2.05) is 30.3 Å². The van der Waals surface area contributed by atoms with Crippen molar-refractivity contribution in [3.05, 3.63) is 108 Å². The maximum absolute atomic E-state index is 11.1. The van der Waals surface area contributed by atoms with Crippen molar-refractivity contribution >= 4 is 16.4 Å². The Morgan fingerprint density at radius 2 is 1.31 bits per heavy atom. The highest BCUT2D eigenvalue weighted by molar-refractivity contribution is 5.89. The molecule has 0 unspecified atom stereocenters. The Balaban J connectivity index is 1.56. The molecule has 0 saturated heterocycles. The van der Waals surface area contributed by atoms with Crippen LogP contribution < -0.4 is 0 Å². The lowest BCUT2D eigenvalue weighted by Gasteiger charge is -2.09. The molecule has 4 aromatic carbocycles. The average molecular weight is 460 g/mol. The molecule has 6 aromatic rings. The number of rotatable bonds is 4. The molecule has 0 atom stereocenters. The molecule has 170 valence electrons. The number of hydrogen-bond acceptors (Lipinski definition) is 5. The zero-order valence-electron chi connectivity index (χ0n) is 18.6. The van der Waals surface area contributed by atoms with E-state index >= 15 is 0 Å². The van der Waals surface area contributed by atoms with Crippen LogP contribution in [-0.2, 0) is 6.42 Å². The summed E-state index contributed by atoms with van der Waals surface area (Å²) in [6.07, 6.45) is 2.16. The minimum absolute atomic E-state index is 0.0394. The number of hydrogen-bond donors (Lipinski definition) is 3. The zero-order chi connectivity index (χ0) is 23.9. The summed E-state index contributed by atoms with van der Waals surface area (Å²) < 4.78 is 1.66. The lowest BCUT2D eigenvalue weighted by atomic mass is 10.0. The minimum Gasteiger partial charge on any atom is -0.508 e. The van der Waals surface area contributed by atoms with Crippen molar-refractivity contribution in [3.63, 3.8) is 0 Å². The highest BCUT2D eigenvalue weighted by Crippen LogP contribution is 2.33. The SMILES string of the molecule is Oc1ccc(Cc2nc3c(-c4ccc5ccccc5c4)nc(-c4ccc(O)cc4)cn3c2O)cc1. The Kier molecular flexibility index (Phi) is 4.85. The fraction of sp³-hybridized carbons (Fsp3) is 0.0345. The zero-order valence-corrected chi connectivity index (χ0v) is 18.6. The number of imidazole rings is 1. The van der Waals surface area contributed by atoms with Gasteiger partial charge in [0.1, 0.15) is 22.9 Å². The molecule has 0 aliphatic rings. The van der Waals surface area contributed by atoms with Crippen molar-refractivity contribution < 1.29 is 15.3 Å². The third-order valence-corrected chi connectivity index (χ3v) is 6.14. The standard InChI is InChI=1S/C29H21N3O3/c33-23-11-5-18(6-12-23)15-25-29(35)32-17-26(20-9-13-24(34)14-10-20)30-27(28(32)31-25)22-8-7-19-3-1-2-4-21(19)16-22/h1-14,16-17,33-35H,15H2.